The van der Waals surface area contributed by atoms with Gasteiger partial charge in [-0.3, -0.25) is 14.4 Å². The first kappa shape index (κ1) is 25.0. The van der Waals surface area contributed by atoms with Crippen molar-refractivity contribution in [1.29, 1.82) is 0 Å². The van der Waals surface area contributed by atoms with Crippen LogP contribution in [0.5, 0.6) is 0 Å². The number of benzene rings is 1. The molecule has 2 N–H and O–H groups in total. The molecular weight excluding hydrogens is 420 g/mol. The Morgan fingerprint density at radius 2 is 1.82 bits per heavy atom. The van der Waals surface area contributed by atoms with Crippen LogP contribution in [-0.2, 0) is 19.1 Å². The fraction of sp³-hybridized carbons (Fsp3) is 0.577. The minimum absolute atomic E-state index is 0.0722. The topological polar surface area (TPSA) is 95.9 Å². The highest BCUT2D eigenvalue weighted by Gasteiger charge is 2.58. The number of rotatable bonds is 7. The second kappa shape index (κ2) is 10.1. The van der Waals surface area contributed by atoms with Crippen molar-refractivity contribution in [1.82, 2.24) is 4.90 Å². The molecule has 7 nitrogen and oxygen atoms in total. The molecule has 1 aliphatic carbocycles. The van der Waals surface area contributed by atoms with Crippen LogP contribution >= 0.6 is 0 Å². The molecule has 33 heavy (non-hydrogen) atoms. The molecule has 0 bridgehead atoms. The molecule has 0 aromatic heterocycles. The van der Waals surface area contributed by atoms with Crippen LogP contribution in [0.15, 0.2) is 30.4 Å². The Morgan fingerprint density at radius 3 is 2.36 bits per heavy atom. The average molecular weight is 457 g/mol. The highest BCUT2D eigenvalue weighted by atomic mass is 16.5. The number of carbonyl (C=O) groups excluding carboxylic acids is 3. The van der Waals surface area contributed by atoms with E-state index in [1.54, 1.807) is 6.92 Å². The van der Waals surface area contributed by atoms with Gasteiger partial charge in [-0.1, -0.05) is 51.1 Å². The summed E-state index contributed by atoms with van der Waals surface area (Å²) in [6, 6.07) is 4.40. The maximum absolute atomic E-state index is 13.8. The summed E-state index contributed by atoms with van der Waals surface area (Å²) >= 11 is 0. The summed E-state index contributed by atoms with van der Waals surface area (Å²) in [6.07, 6.45) is 3.80. The van der Waals surface area contributed by atoms with Crippen LogP contribution in [0, 0.1) is 43.4 Å². The molecule has 1 aromatic carbocycles. The second-order valence-electron chi connectivity index (χ2n) is 9.57. The van der Waals surface area contributed by atoms with Crippen LogP contribution in [0.4, 0.5) is 5.69 Å². The van der Waals surface area contributed by atoms with Crippen LogP contribution in [0.1, 0.15) is 38.8 Å². The lowest BCUT2D eigenvalue weighted by Crippen LogP contribution is -2.52. The third-order valence-electron chi connectivity index (χ3n) is 7.08. The largest absolute Gasteiger partial charge is 0.466 e. The summed E-state index contributed by atoms with van der Waals surface area (Å²) in [5.41, 5.74) is 2.57. The second-order valence-corrected chi connectivity index (χ2v) is 9.57. The molecule has 2 amide bonds. The zero-order chi connectivity index (χ0) is 24.4. The molecule has 0 saturated carbocycles. The molecule has 1 aromatic rings. The normalized spacial score (nSPS) is 27.5. The van der Waals surface area contributed by atoms with Crippen molar-refractivity contribution in [3.05, 3.63) is 41.5 Å². The van der Waals surface area contributed by atoms with Crippen LogP contribution < -0.4 is 5.32 Å². The quantitative estimate of drug-likeness (QED) is 0.486. The molecule has 6 atom stereocenters. The van der Waals surface area contributed by atoms with Gasteiger partial charge in [0.2, 0.25) is 11.8 Å². The molecule has 3 rings (SSSR count). The van der Waals surface area contributed by atoms with Crippen LogP contribution in [0.2, 0.25) is 0 Å². The van der Waals surface area contributed by atoms with Gasteiger partial charge in [0.25, 0.3) is 0 Å². The minimum Gasteiger partial charge on any atom is -0.466 e. The maximum atomic E-state index is 13.8. The summed E-state index contributed by atoms with van der Waals surface area (Å²) in [7, 11) is 0. The van der Waals surface area contributed by atoms with Gasteiger partial charge >= 0.3 is 5.97 Å². The number of amides is 2. The molecule has 1 fully saturated rings. The number of aliphatic hydroxyl groups is 1. The number of hydrogen-bond acceptors (Lipinski definition) is 5. The van der Waals surface area contributed by atoms with Crippen LogP contribution in [-0.4, -0.2) is 53.1 Å². The summed E-state index contributed by atoms with van der Waals surface area (Å²) < 4.78 is 5.31. The number of fused-ring (bicyclic) bond motifs is 1. The number of carbonyl (C=O) groups is 3. The lowest BCUT2D eigenvalue weighted by molar-refractivity contribution is -0.156. The van der Waals surface area contributed by atoms with Crippen molar-refractivity contribution in [3.63, 3.8) is 0 Å². The van der Waals surface area contributed by atoms with Crippen molar-refractivity contribution in [2.24, 2.45) is 29.6 Å². The van der Waals surface area contributed by atoms with E-state index in [1.165, 1.54) is 4.90 Å². The Labute approximate surface area is 196 Å². The fourth-order valence-corrected chi connectivity index (χ4v) is 5.32. The summed E-state index contributed by atoms with van der Waals surface area (Å²) in [5, 5.41) is 13.2. The van der Waals surface area contributed by atoms with E-state index < -0.39 is 35.8 Å². The van der Waals surface area contributed by atoms with E-state index >= 15 is 0 Å². The molecular formula is C26H36N2O5. The molecule has 1 aliphatic heterocycles. The summed E-state index contributed by atoms with van der Waals surface area (Å²) in [6.45, 7) is 11.3. The predicted molar refractivity (Wildman–Crippen MR) is 126 cm³/mol. The maximum Gasteiger partial charge on any atom is 0.310 e. The number of likely N-dealkylation sites (tertiary alicyclic amines) is 1. The lowest BCUT2D eigenvalue weighted by atomic mass is 9.70. The average Bonchev–Trinajstić information content (AvgIpc) is 3.03. The molecule has 2 aliphatic rings. The van der Waals surface area contributed by atoms with Gasteiger partial charge in [-0.05, 0) is 43.7 Å². The monoisotopic (exact) mass is 456 g/mol. The number of para-hydroxylation sites is 1. The van der Waals surface area contributed by atoms with Gasteiger partial charge in [0.15, 0.2) is 0 Å². The number of allylic oxidation sites excluding steroid dienone is 1. The Bertz CT molecular complexity index is 920. The van der Waals surface area contributed by atoms with Gasteiger partial charge in [0.1, 0.15) is 6.04 Å². The van der Waals surface area contributed by atoms with E-state index in [0.29, 0.717) is 0 Å². The predicted octanol–water partition coefficient (Wildman–Crippen LogP) is 3.09. The molecule has 0 unspecified atom stereocenters. The third-order valence-corrected chi connectivity index (χ3v) is 7.08. The van der Waals surface area contributed by atoms with E-state index in [2.05, 4.69) is 5.32 Å². The van der Waals surface area contributed by atoms with Crippen LogP contribution in [0.3, 0.4) is 0 Å². The van der Waals surface area contributed by atoms with Gasteiger partial charge in [-0.25, -0.2) is 0 Å². The molecule has 180 valence electrons. The van der Waals surface area contributed by atoms with Crippen molar-refractivity contribution < 1.29 is 24.2 Å². The Balaban J connectivity index is 2.06. The van der Waals surface area contributed by atoms with Crippen LogP contribution in [0.25, 0.3) is 0 Å². The zero-order valence-corrected chi connectivity index (χ0v) is 20.4. The highest BCUT2D eigenvalue weighted by molar-refractivity contribution is 6.02. The first-order valence-corrected chi connectivity index (χ1v) is 11.8. The minimum atomic E-state index is -0.832. The smallest absolute Gasteiger partial charge is 0.310 e. The number of esters is 1. The number of anilines is 1. The molecule has 7 heteroatoms. The van der Waals surface area contributed by atoms with E-state index in [4.69, 9.17) is 4.74 Å². The van der Waals surface area contributed by atoms with Gasteiger partial charge in [0.05, 0.1) is 31.1 Å². The van der Waals surface area contributed by atoms with E-state index in [1.807, 2.05) is 65.0 Å². The number of aliphatic hydroxyl groups excluding tert-OH is 1. The summed E-state index contributed by atoms with van der Waals surface area (Å²) in [5.74, 6) is -3.12. The first-order valence-electron chi connectivity index (χ1n) is 11.8. The van der Waals surface area contributed by atoms with Crippen molar-refractivity contribution in [2.45, 2.75) is 53.6 Å². The number of nitrogens with zero attached hydrogens (tertiary/aromatic N) is 1. The van der Waals surface area contributed by atoms with E-state index in [0.717, 1.165) is 16.8 Å². The Morgan fingerprint density at radius 1 is 1.18 bits per heavy atom. The van der Waals surface area contributed by atoms with Gasteiger partial charge in [-0.15, -0.1) is 0 Å². The number of nitrogens with one attached hydrogen (secondary N) is 1. The fourth-order valence-electron chi connectivity index (χ4n) is 5.32. The number of ether oxygens (including phenoxy) is 1. The molecule has 0 spiro atoms. The van der Waals surface area contributed by atoms with Gasteiger partial charge in [-0.2, -0.15) is 0 Å². The third kappa shape index (κ3) is 4.56. The first-order chi connectivity index (χ1) is 15.6. The highest BCUT2D eigenvalue weighted by Crippen LogP contribution is 2.46. The van der Waals surface area contributed by atoms with Crippen molar-refractivity contribution in [2.75, 3.05) is 18.5 Å². The van der Waals surface area contributed by atoms with Gasteiger partial charge in [0, 0.05) is 11.6 Å². The number of hydrogen-bond donors (Lipinski definition) is 2. The van der Waals surface area contributed by atoms with Crippen molar-refractivity contribution in [3.8, 4) is 0 Å². The van der Waals surface area contributed by atoms with Gasteiger partial charge < -0.3 is 20.1 Å². The lowest BCUT2D eigenvalue weighted by Gasteiger charge is -2.35. The molecule has 0 radical (unpaired) electrons. The molecule has 1 saturated heterocycles. The van der Waals surface area contributed by atoms with Crippen molar-refractivity contribution >= 4 is 23.5 Å². The Hall–Kier alpha value is -2.67. The number of aryl methyl sites for hydroxylation is 2. The SMILES string of the molecule is CCOC(=O)[C@H]1[C@@H]2C(=O)N([C@@H](CO)C(C)C)[C@H](C(=O)Nc3c(C)cccc3C)[C@H]2C=C[C@H]1C. The van der Waals surface area contributed by atoms with E-state index in [9.17, 15) is 19.5 Å². The zero-order valence-electron chi connectivity index (χ0n) is 20.4. The van der Waals surface area contributed by atoms with E-state index in [-0.39, 0.29) is 36.9 Å². The standard InChI is InChI=1S/C26H36N2O5/c1-7-33-26(32)20-15(4)11-12-18-21(20)25(31)28(19(13-29)14(2)3)23(18)24(30)27-22-16(5)9-8-10-17(22)6/h8-12,14-15,18-21,23,29H,7,13H2,1-6H3,(H,27,30)/t15-,18+,19+,20-,21-,23+/m1/s1. The summed E-state index contributed by atoms with van der Waals surface area (Å²) in [4.78, 5) is 41.9. The Kier molecular flexibility index (Phi) is 7.62. The molecule has 1 heterocycles.